The number of nitrogens with one attached hydrogen (secondary N) is 1. The molecule has 0 aliphatic rings. The van der Waals surface area contributed by atoms with Crippen molar-refractivity contribution in [1.82, 2.24) is 5.32 Å². The molecule has 0 heterocycles. The first kappa shape index (κ1) is 10.2. The molecule has 0 saturated heterocycles. The Labute approximate surface area is 67.7 Å². The molecule has 0 fully saturated rings. The molecule has 0 bridgehead atoms. The van der Waals surface area contributed by atoms with Crippen molar-refractivity contribution in [3.8, 4) is 0 Å². The number of rotatable bonds is 7. The molecule has 1 atom stereocenters. The Balaban J connectivity index is 3.14. The third-order valence-electron chi connectivity index (χ3n) is 1.48. The van der Waals surface area contributed by atoms with Crippen LogP contribution in [0.2, 0.25) is 0 Å². The normalized spacial score (nSPS) is 12.1. The summed E-state index contributed by atoms with van der Waals surface area (Å²) in [6.45, 7) is 4.27. The fraction of sp³-hybridized carbons (Fsp3) is 0.625. The van der Waals surface area contributed by atoms with Crippen LogP contribution >= 0.6 is 0 Å². The molecule has 0 spiro atoms. The van der Waals surface area contributed by atoms with Gasteiger partial charge < -0.3 is 11.1 Å². The lowest BCUT2D eigenvalue weighted by Crippen LogP contribution is -2.25. The van der Waals surface area contributed by atoms with E-state index in [0.29, 0.717) is 13.0 Å². The second-order valence-electron chi connectivity index (χ2n) is 2.49. The Morgan fingerprint density at radius 1 is 1.55 bits per heavy atom. The third kappa shape index (κ3) is 7.06. The van der Waals surface area contributed by atoms with Crippen molar-refractivity contribution in [2.45, 2.75) is 25.3 Å². The highest BCUT2D eigenvalue weighted by molar-refractivity contribution is 5.45. The minimum Gasteiger partial charge on any atom is -0.359 e. The predicted octanol–water partition coefficient (Wildman–Crippen LogP) is 0.416. The first-order valence-electron chi connectivity index (χ1n) is 3.84. The predicted molar refractivity (Wildman–Crippen MR) is 46.1 cm³/mol. The molecule has 0 aromatic heterocycles. The van der Waals surface area contributed by atoms with Crippen LogP contribution in [0.5, 0.6) is 0 Å². The smallest absolute Gasteiger partial charge is 0.207 e. The maximum Gasteiger partial charge on any atom is 0.207 e. The van der Waals surface area contributed by atoms with E-state index in [1.54, 1.807) is 0 Å². The van der Waals surface area contributed by atoms with E-state index in [0.717, 1.165) is 19.3 Å². The van der Waals surface area contributed by atoms with Crippen molar-refractivity contribution in [1.29, 1.82) is 0 Å². The van der Waals surface area contributed by atoms with Crippen molar-refractivity contribution >= 4 is 6.41 Å². The molecule has 64 valence electrons. The molecule has 1 unspecified atom stereocenters. The summed E-state index contributed by atoms with van der Waals surface area (Å²) in [6.07, 6.45) is 5.28. The Morgan fingerprint density at radius 3 is 2.82 bits per heavy atom. The highest BCUT2D eigenvalue weighted by Gasteiger charge is 1.98. The molecule has 3 heteroatoms. The summed E-state index contributed by atoms with van der Waals surface area (Å²) in [5.41, 5.74) is 5.70. The van der Waals surface area contributed by atoms with Crippen molar-refractivity contribution < 1.29 is 4.79 Å². The number of hydrogen-bond donors (Lipinski definition) is 2. The molecule has 0 rings (SSSR count). The van der Waals surface area contributed by atoms with E-state index in [1.807, 2.05) is 6.08 Å². The Morgan fingerprint density at radius 2 is 2.27 bits per heavy atom. The molecule has 0 saturated carbocycles. The van der Waals surface area contributed by atoms with Crippen LogP contribution < -0.4 is 11.1 Å². The van der Waals surface area contributed by atoms with Crippen LogP contribution in [0.3, 0.4) is 0 Å². The van der Waals surface area contributed by atoms with E-state index in [-0.39, 0.29) is 6.04 Å². The lowest BCUT2D eigenvalue weighted by atomic mass is 10.1. The first-order valence-corrected chi connectivity index (χ1v) is 3.84. The van der Waals surface area contributed by atoms with Gasteiger partial charge >= 0.3 is 0 Å². The van der Waals surface area contributed by atoms with Gasteiger partial charge in [0.05, 0.1) is 0 Å². The number of allylic oxidation sites excluding steroid dienone is 1. The van der Waals surface area contributed by atoms with Crippen molar-refractivity contribution in [3.63, 3.8) is 0 Å². The van der Waals surface area contributed by atoms with Crippen LogP contribution in [0.25, 0.3) is 0 Å². The van der Waals surface area contributed by atoms with E-state index in [4.69, 9.17) is 5.73 Å². The van der Waals surface area contributed by atoms with Crippen molar-refractivity contribution in [2.24, 2.45) is 5.73 Å². The Kier molecular flexibility index (Phi) is 6.73. The molecule has 0 aromatic rings. The van der Waals surface area contributed by atoms with Gasteiger partial charge in [0.1, 0.15) is 0 Å². The lowest BCUT2D eigenvalue weighted by Gasteiger charge is -2.08. The fourth-order valence-electron chi connectivity index (χ4n) is 0.804. The summed E-state index contributed by atoms with van der Waals surface area (Å²) in [5.74, 6) is 0. The summed E-state index contributed by atoms with van der Waals surface area (Å²) in [4.78, 5) is 9.83. The summed E-state index contributed by atoms with van der Waals surface area (Å²) >= 11 is 0. The molecule has 0 aromatic carbocycles. The Bertz CT molecular complexity index is 115. The zero-order chi connectivity index (χ0) is 8.53. The number of amides is 1. The van der Waals surface area contributed by atoms with Crippen LogP contribution in [-0.2, 0) is 4.79 Å². The van der Waals surface area contributed by atoms with Gasteiger partial charge in [-0.05, 0) is 19.3 Å². The second-order valence-corrected chi connectivity index (χ2v) is 2.49. The summed E-state index contributed by atoms with van der Waals surface area (Å²) < 4.78 is 0. The molecule has 11 heavy (non-hydrogen) atoms. The maximum absolute atomic E-state index is 9.83. The molecule has 0 radical (unpaired) electrons. The van der Waals surface area contributed by atoms with Gasteiger partial charge in [-0.1, -0.05) is 6.08 Å². The minimum absolute atomic E-state index is 0.181. The average molecular weight is 156 g/mol. The number of nitrogens with two attached hydrogens (primary N) is 1. The number of carbonyl (C=O) groups excluding carboxylic acids is 1. The van der Waals surface area contributed by atoms with Crippen LogP contribution in [0.15, 0.2) is 12.7 Å². The van der Waals surface area contributed by atoms with Crippen LogP contribution in [0, 0.1) is 0 Å². The van der Waals surface area contributed by atoms with Gasteiger partial charge in [-0.25, -0.2) is 0 Å². The first-order chi connectivity index (χ1) is 5.31. The van der Waals surface area contributed by atoms with Gasteiger partial charge in [0.15, 0.2) is 0 Å². The SMILES string of the molecule is C=CCCC(N)CCNC=O. The molecule has 0 aliphatic heterocycles. The lowest BCUT2D eigenvalue weighted by molar-refractivity contribution is -0.109. The van der Waals surface area contributed by atoms with E-state index in [2.05, 4.69) is 11.9 Å². The molecule has 1 amide bonds. The highest BCUT2D eigenvalue weighted by atomic mass is 16.1. The van der Waals surface area contributed by atoms with Crippen LogP contribution in [0.4, 0.5) is 0 Å². The standard InChI is InChI=1S/C8H16N2O/c1-2-3-4-8(9)5-6-10-7-11/h2,7-8H,1,3-6,9H2,(H,10,11). The summed E-state index contributed by atoms with van der Waals surface area (Å²) in [5, 5.41) is 2.57. The zero-order valence-electron chi connectivity index (χ0n) is 6.75. The van der Waals surface area contributed by atoms with Gasteiger partial charge in [0.25, 0.3) is 0 Å². The van der Waals surface area contributed by atoms with Crippen LogP contribution in [0.1, 0.15) is 19.3 Å². The van der Waals surface area contributed by atoms with E-state index in [9.17, 15) is 4.79 Å². The Hall–Kier alpha value is -0.830. The molecule has 3 nitrogen and oxygen atoms in total. The quantitative estimate of drug-likeness (QED) is 0.319. The third-order valence-corrected chi connectivity index (χ3v) is 1.48. The molecule has 0 aliphatic carbocycles. The van der Waals surface area contributed by atoms with Gasteiger partial charge in [0.2, 0.25) is 6.41 Å². The van der Waals surface area contributed by atoms with E-state index in [1.165, 1.54) is 0 Å². The van der Waals surface area contributed by atoms with E-state index >= 15 is 0 Å². The molecule has 3 N–H and O–H groups in total. The minimum atomic E-state index is 0.181. The molecular formula is C8H16N2O. The zero-order valence-corrected chi connectivity index (χ0v) is 6.75. The van der Waals surface area contributed by atoms with E-state index < -0.39 is 0 Å². The largest absolute Gasteiger partial charge is 0.359 e. The average Bonchev–Trinajstić information content (AvgIpc) is 2.01. The number of carbonyl (C=O) groups is 1. The van der Waals surface area contributed by atoms with Gasteiger partial charge in [-0.2, -0.15) is 0 Å². The van der Waals surface area contributed by atoms with Crippen LogP contribution in [-0.4, -0.2) is 19.0 Å². The molecular weight excluding hydrogens is 140 g/mol. The summed E-state index contributed by atoms with van der Waals surface area (Å²) in [6, 6.07) is 0.181. The van der Waals surface area contributed by atoms with Gasteiger partial charge in [-0.3, -0.25) is 4.79 Å². The number of hydrogen-bond acceptors (Lipinski definition) is 2. The monoisotopic (exact) mass is 156 g/mol. The van der Waals surface area contributed by atoms with Crippen molar-refractivity contribution in [2.75, 3.05) is 6.54 Å². The maximum atomic E-state index is 9.83. The van der Waals surface area contributed by atoms with Gasteiger partial charge in [0, 0.05) is 12.6 Å². The topological polar surface area (TPSA) is 55.1 Å². The highest BCUT2D eigenvalue weighted by Crippen LogP contribution is 1.97. The van der Waals surface area contributed by atoms with Gasteiger partial charge in [-0.15, -0.1) is 6.58 Å². The second kappa shape index (κ2) is 7.28. The fourth-order valence-corrected chi connectivity index (χ4v) is 0.804. The summed E-state index contributed by atoms with van der Waals surface area (Å²) in [7, 11) is 0. The van der Waals surface area contributed by atoms with Crippen molar-refractivity contribution in [3.05, 3.63) is 12.7 Å².